The molecule has 28 heavy (non-hydrogen) atoms. The number of nitrogens with zero attached hydrogens (tertiary/aromatic N) is 2. The number of carbonyl (C=O) groups excluding carboxylic acids is 1. The fourth-order valence-electron chi connectivity index (χ4n) is 3.00. The minimum atomic E-state index is -3.78. The van der Waals surface area contributed by atoms with Crippen molar-refractivity contribution in [3.05, 3.63) is 59.2 Å². The summed E-state index contributed by atoms with van der Waals surface area (Å²) in [7, 11) is -2.53. The Hall–Kier alpha value is -3.01. The number of aromatic nitrogens is 1. The molecule has 0 aliphatic carbocycles. The highest BCUT2D eigenvalue weighted by Crippen LogP contribution is 2.31. The molecule has 0 saturated carbocycles. The van der Waals surface area contributed by atoms with Crippen molar-refractivity contribution in [1.82, 2.24) is 14.6 Å². The Morgan fingerprint density at radius 1 is 1.36 bits per heavy atom. The number of carbonyl (C=O) groups is 1. The molecule has 3 N–H and O–H groups in total. The molecule has 1 amide bonds. The van der Waals surface area contributed by atoms with Crippen LogP contribution >= 0.6 is 0 Å². The van der Waals surface area contributed by atoms with Gasteiger partial charge in [0.25, 0.3) is 5.91 Å². The number of sulfonamides is 1. The number of anilines is 1. The Morgan fingerprint density at radius 3 is 2.71 bits per heavy atom. The van der Waals surface area contributed by atoms with Crippen LogP contribution in [-0.4, -0.2) is 42.4 Å². The van der Waals surface area contributed by atoms with Crippen molar-refractivity contribution in [2.75, 3.05) is 18.1 Å². The molecule has 2 aromatic rings. The molecule has 1 fully saturated rings. The molecule has 8 nitrogen and oxygen atoms in total. The van der Waals surface area contributed by atoms with Gasteiger partial charge in [-0.05, 0) is 49.7 Å². The van der Waals surface area contributed by atoms with Crippen LogP contribution in [0.2, 0.25) is 0 Å². The lowest BCUT2D eigenvalue weighted by Crippen LogP contribution is -2.61. The molecule has 2 heterocycles. The van der Waals surface area contributed by atoms with Crippen molar-refractivity contribution in [3.63, 3.8) is 0 Å². The molecule has 10 heteroatoms. The number of pyridine rings is 1. The number of aryl methyl sites for hydroxylation is 1. The summed E-state index contributed by atoms with van der Waals surface area (Å²) in [6.45, 7) is 3.33. The molecule has 3 rings (SSSR count). The van der Waals surface area contributed by atoms with E-state index in [0.29, 0.717) is 0 Å². The van der Waals surface area contributed by atoms with E-state index in [2.05, 4.69) is 15.6 Å². The number of guanidine groups is 1. The molecule has 0 unspecified atom stereocenters. The first-order valence-electron chi connectivity index (χ1n) is 8.39. The van der Waals surface area contributed by atoms with Gasteiger partial charge in [0.05, 0.1) is 11.3 Å². The minimum absolute atomic E-state index is 0.0314. The zero-order valence-corrected chi connectivity index (χ0v) is 16.4. The van der Waals surface area contributed by atoms with E-state index < -0.39 is 33.0 Å². The van der Waals surface area contributed by atoms with Crippen LogP contribution in [0.1, 0.15) is 28.5 Å². The highest BCUT2D eigenvalue weighted by Gasteiger charge is 2.43. The molecule has 1 aromatic carbocycles. The smallest absolute Gasteiger partial charge is 0.274 e. The van der Waals surface area contributed by atoms with Gasteiger partial charge < -0.3 is 10.6 Å². The summed E-state index contributed by atoms with van der Waals surface area (Å²) in [5, 5.41) is 13.2. The summed E-state index contributed by atoms with van der Waals surface area (Å²) >= 11 is 0. The number of rotatable bonds is 3. The van der Waals surface area contributed by atoms with E-state index in [0.717, 1.165) is 15.9 Å². The second kappa shape index (κ2) is 6.86. The summed E-state index contributed by atoms with van der Waals surface area (Å²) in [4.78, 5) is 16.4. The molecule has 1 aliphatic heterocycles. The molecule has 0 bridgehead atoms. The third kappa shape index (κ3) is 3.68. The Labute approximate surface area is 162 Å². The van der Waals surface area contributed by atoms with Crippen LogP contribution in [0, 0.1) is 18.2 Å². The second-order valence-corrected chi connectivity index (χ2v) is 8.90. The summed E-state index contributed by atoms with van der Waals surface area (Å²) in [5.74, 6) is -1.91. The van der Waals surface area contributed by atoms with Crippen molar-refractivity contribution in [2.45, 2.75) is 19.4 Å². The summed E-state index contributed by atoms with van der Waals surface area (Å²) in [5.41, 5.74) is 0.0273. The van der Waals surface area contributed by atoms with Crippen molar-refractivity contribution >= 4 is 27.6 Å². The fourth-order valence-corrected chi connectivity index (χ4v) is 4.48. The van der Waals surface area contributed by atoms with Crippen LogP contribution in [0.5, 0.6) is 0 Å². The van der Waals surface area contributed by atoms with Gasteiger partial charge in [0.15, 0.2) is 0 Å². The predicted octanol–water partition coefficient (Wildman–Crippen LogP) is 1.80. The quantitative estimate of drug-likeness (QED) is 0.720. The van der Waals surface area contributed by atoms with Crippen LogP contribution in [0.15, 0.2) is 36.5 Å². The van der Waals surface area contributed by atoms with Gasteiger partial charge in [0.2, 0.25) is 16.0 Å². The molecule has 1 aromatic heterocycles. The number of benzene rings is 1. The molecule has 1 saturated heterocycles. The van der Waals surface area contributed by atoms with Crippen LogP contribution in [0.4, 0.5) is 10.1 Å². The maximum atomic E-state index is 14.5. The third-order valence-corrected chi connectivity index (χ3v) is 6.52. The number of hydrogen-bond donors (Lipinski definition) is 3. The molecule has 0 spiro atoms. The average molecular weight is 405 g/mol. The average Bonchev–Trinajstić information content (AvgIpc) is 2.61. The van der Waals surface area contributed by atoms with Gasteiger partial charge in [0, 0.05) is 24.5 Å². The maximum Gasteiger partial charge on any atom is 0.274 e. The van der Waals surface area contributed by atoms with Crippen LogP contribution < -0.4 is 10.6 Å². The van der Waals surface area contributed by atoms with Gasteiger partial charge in [-0.15, -0.1) is 0 Å². The number of hydrogen-bond acceptors (Lipinski definition) is 5. The first-order valence-corrected chi connectivity index (χ1v) is 10.0. The zero-order chi connectivity index (χ0) is 20.7. The van der Waals surface area contributed by atoms with Crippen molar-refractivity contribution in [1.29, 1.82) is 5.41 Å². The fraction of sp³-hybridized carbons (Fsp3) is 0.278. The first kappa shape index (κ1) is 19.7. The van der Waals surface area contributed by atoms with Crippen molar-refractivity contribution < 1.29 is 17.6 Å². The molecule has 1 aliphatic rings. The highest BCUT2D eigenvalue weighted by molar-refractivity contribution is 7.89. The van der Waals surface area contributed by atoms with Gasteiger partial charge in [-0.25, -0.2) is 17.1 Å². The molecule has 0 radical (unpaired) electrons. The van der Waals surface area contributed by atoms with Crippen LogP contribution in [0.3, 0.4) is 0 Å². The van der Waals surface area contributed by atoms with E-state index in [1.54, 1.807) is 12.1 Å². The summed E-state index contributed by atoms with van der Waals surface area (Å²) in [6, 6.07) is 7.27. The largest absolute Gasteiger partial charge is 0.345 e. The number of halogens is 1. The third-order valence-electron chi connectivity index (χ3n) is 4.56. The molecular formula is C18H20FN5O3S. The normalized spacial score (nSPS) is 21.1. The maximum absolute atomic E-state index is 14.5. The van der Waals surface area contributed by atoms with E-state index in [1.165, 1.54) is 32.3 Å². The lowest BCUT2D eigenvalue weighted by molar-refractivity contribution is 0.102. The lowest BCUT2D eigenvalue weighted by Gasteiger charge is -2.40. The second-order valence-electron chi connectivity index (χ2n) is 6.90. The first-order chi connectivity index (χ1) is 13.0. The van der Waals surface area contributed by atoms with Crippen molar-refractivity contribution in [3.8, 4) is 0 Å². The highest BCUT2D eigenvalue weighted by atomic mass is 32.2. The Kier molecular flexibility index (Phi) is 4.84. The Morgan fingerprint density at radius 2 is 2.07 bits per heavy atom. The number of amides is 1. The van der Waals surface area contributed by atoms with Crippen LogP contribution in [0.25, 0.3) is 0 Å². The monoisotopic (exact) mass is 405 g/mol. The standard InChI is InChI=1S/C18H20FN5O3S/c1-11-6-7-21-15(8-11)16(25)22-12-4-5-14(19)13(9-12)18(2)10-28(26,27)24(3)17(20)23-18/h4-9H,10H2,1-3H3,(H2,20,23)(H,22,25)/t18-/m0/s1. The van der Waals surface area contributed by atoms with Gasteiger partial charge in [-0.1, -0.05) is 0 Å². The zero-order valence-electron chi connectivity index (χ0n) is 15.6. The Balaban J connectivity index is 1.94. The van der Waals surface area contributed by atoms with Crippen LogP contribution in [-0.2, 0) is 15.6 Å². The van der Waals surface area contributed by atoms with E-state index >= 15 is 0 Å². The minimum Gasteiger partial charge on any atom is -0.345 e. The van der Waals surface area contributed by atoms with Crippen molar-refractivity contribution in [2.24, 2.45) is 0 Å². The SMILES string of the molecule is Cc1ccnc(C(=O)Nc2ccc(F)c([C@]3(C)CS(=O)(=O)N(C)C(=N)N3)c2)c1. The van der Waals surface area contributed by atoms with E-state index in [4.69, 9.17) is 5.41 Å². The predicted molar refractivity (Wildman–Crippen MR) is 103 cm³/mol. The van der Waals surface area contributed by atoms with Gasteiger partial charge >= 0.3 is 0 Å². The Bertz CT molecular complexity index is 1070. The van der Waals surface area contributed by atoms with Gasteiger partial charge in [-0.2, -0.15) is 0 Å². The molecular weight excluding hydrogens is 385 g/mol. The van der Waals surface area contributed by atoms with Gasteiger partial charge in [0.1, 0.15) is 11.5 Å². The lowest BCUT2D eigenvalue weighted by atomic mass is 9.93. The van der Waals surface area contributed by atoms with Gasteiger partial charge in [-0.3, -0.25) is 15.2 Å². The summed E-state index contributed by atoms with van der Waals surface area (Å²) in [6.07, 6.45) is 1.51. The number of nitrogens with one attached hydrogen (secondary N) is 3. The topological polar surface area (TPSA) is 115 Å². The molecule has 1 atom stereocenters. The summed E-state index contributed by atoms with van der Waals surface area (Å²) < 4.78 is 40.0. The van der Waals surface area contributed by atoms with E-state index in [9.17, 15) is 17.6 Å². The molecule has 148 valence electrons. The van der Waals surface area contributed by atoms with E-state index in [-0.39, 0.29) is 22.9 Å². The van der Waals surface area contributed by atoms with E-state index in [1.807, 2.05) is 6.92 Å².